The van der Waals surface area contributed by atoms with E-state index in [1.165, 1.54) is 128 Å². The van der Waals surface area contributed by atoms with Gasteiger partial charge in [-0.3, -0.25) is 4.79 Å². The number of carbonyl (C=O) groups is 1. The van der Waals surface area contributed by atoms with Gasteiger partial charge in [0, 0.05) is 13.0 Å². The highest BCUT2D eigenvalue weighted by molar-refractivity contribution is 5.69. The Labute approximate surface area is 297 Å². The Balaban J connectivity index is 3.13. The van der Waals surface area contributed by atoms with Crippen LogP contribution in [0.25, 0.3) is 0 Å². The van der Waals surface area contributed by atoms with Crippen LogP contribution in [-0.4, -0.2) is 91.9 Å². The average molecular weight is 689 g/mol. The van der Waals surface area contributed by atoms with Crippen molar-refractivity contribution < 1.29 is 38.0 Å². The molecule has 0 bridgehead atoms. The molecular weight excluding hydrogens is 608 g/mol. The van der Waals surface area contributed by atoms with Gasteiger partial charge in [-0.1, -0.05) is 149 Å². The molecule has 0 unspecified atom stereocenters. The number of ether oxygens (including phenoxy) is 7. The van der Waals surface area contributed by atoms with Crippen molar-refractivity contribution in [1.29, 1.82) is 0 Å². The van der Waals surface area contributed by atoms with E-state index in [1.54, 1.807) is 0 Å². The SMILES string of the molecule is CCCCCCCCCCCCCCCCCC(=O)OCCOCCOCCOCCOCCOCCOCCCCCCCCCC. The molecule has 0 fully saturated rings. The minimum absolute atomic E-state index is 0.118. The zero-order valence-electron chi connectivity index (χ0n) is 31.9. The van der Waals surface area contributed by atoms with E-state index in [0.29, 0.717) is 85.7 Å². The predicted molar refractivity (Wildman–Crippen MR) is 198 cm³/mol. The van der Waals surface area contributed by atoms with Gasteiger partial charge < -0.3 is 33.2 Å². The van der Waals surface area contributed by atoms with Gasteiger partial charge in [-0.2, -0.15) is 0 Å². The second-order valence-corrected chi connectivity index (χ2v) is 13.1. The fourth-order valence-electron chi connectivity index (χ4n) is 5.47. The lowest BCUT2D eigenvalue weighted by atomic mass is 10.0. The van der Waals surface area contributed by atoms with E-state index in [2.05, 4.69) is 13.8 Å². The van der Waals surface area contributed by atoms with Crippen LogP contribution in [0.3, 0.4) is 0 Å². The van der Waals surface area contributed by atoms with Crippen LogP contribution in [-0.2, 0) is 38.0 Å². The first-order valence-corrected chi connectivity index (χ1v) is 20.4. The summed E-state index contributed by atoms with van der Waals surface area (Å²) in [5.41, 5.74) is 0. The van der Waals surface area contributed by atoms with Gasteiger partial charge in [0.05, 0.1) is 72.7 Å². The van der Waals surface area contributed by atoms with E-state index in [0.717, 1.165) is 25.9 Å². The molecule has 0 aromatic heterocycles. The molecule has 288 valence electrons. The van der Waals surface area contributed by atoms with Crippen LogP contribution in [0.2, 0.25) is 0 Å². The number of rotatable bonds is 43. The van der Waals surface area contributed by atoms with Crippen LogP contribution < -0.4 is 0 Å². The van der Waals surface area contributed by atoms with Gasteiger partial charge >= 0.3 is 5.97 Å². The molecule has 0 radical (unpaired) electrons. The third kappa shape index (κ3) is 43.3. The lowest BCUT2D eigenvalue weighted by Crippen LogP contribution is -2.15. The summed E-state index contributed by atoms with van der Waals surface area (Å²) >= 11 is 0. The lowest BCUT2D eigenvalue weighted by molar-refractivity contribution is -0.145. The molecule has 0 aliphatic rings. The Morgan fingerprint density at radius 1 is 0.292 bits per heavy atom. The van der Waals surface area contributed by atoms with Crippen LogP contribution in [0.1, 0.15) is 168 Å². The highest BCUT2D eigenvalue weighted by Gasteiger charge is 2.03. The maximum atomic E-state index is 11.9. The molecule has 0 aromatic rings. The van der Waals surface area contributed by atoms with Gasteiger partial charge in [0.2, 0.25) is 0 Å². The van der Waals surface area contributed by atoms with Crippen LogP contribution in [0, 0.1) is 0 Å². The molecule has 0 aliphatic heterocycles. The third-order valence-corrected chi connectivity index (χ3v) is 8.48. The number of unbranched alkanes of at least 4 members (excludes halogenated alkanes) is 21. The van der Waals surface area contributed by atoms with Gasteiger partial charge in [0.15, 0.2) is 0 Å². The quantitative estimate of drug-likeness (QED) is 0.0463. The summed E-state index contributed by atoms with van der Waals surface area (Å²) in [7, 11) is 0. The van der Waals surface area contributed by atoms with Gasteiger partial charge in [-0.05, 0) is 12.8 Å². The van der Waals surface area contributed by atoms with E-state index in [9.17, 15) is 4.79 Å². The average Bonchev–Trinajstić information content (AvgIpc) is 3.09. The number of esters is 1. The fraction of sp³-hybridized carbons (Fsp3) is 0.975. The lowest BCUT2D eigenvalue weighted by Gasteiger charge is -2.08. The summed E-state index contributed by atoms with van der Waals surface area (Å²) in [4.78, 5) is 11.9. The molecule has 0 amide bonds. The molecular formula is C40H80O8. The minimum atomic E-state index is -0.118. The van der Waals surface area contributed by atoms with Gasteiger partial charge in [0.25, 0.3) is 0 Å². The zero-order valence-corrected chi connectivity index (χ0v) is 31.9. The van der Waals surface area contributed by atoms with Crippen LogP contribution in [0.15, 0.2) is 0 Å². The molecule has 0 heterocycles. The molecule has 0 aromatic carbocycles. The highest BCUT2D eigenvalue weighted by Crippen LogP contribution is 2.14. The van der Waals surface area contributed by atoms with Gasteiger partial charge in [-0.25, -0.2) is 0 Å². The fourth-order valence-corrected chi connectivity index (χ4v) is 5.47. The predicted octanol–water partition coefficient (Wildman–Crippen LogP) is 10.0. The van der Waals surface area contributed by atoms with Crippen molar-refractivity contribution in [2.24, 2.45) is 0 Å². The number of hydrogen-bond donors (Lipinski definition) is 0. The van der Waals surface area contributed by atoms with E-state index in [4.69, 9.17) is 33.2 Å². The monoisotopic (exact) mass is 689 g/mol. The van der Waals surface area contributed by atoms with E-state index in [-0.39, 0.29) is 5.97 Å². The summed E-state index contributed by atoms with van der Waals surface area (Å²) in [6.45, 7) is 11.5. The number of carbonyl (C=O) groups excluding carboxylic acids is 1. The molecule has 0 atom stereocenters. The second kappa shape index (κ2) is 44.3. The summed E-state index contributed by atoms with van der Waals surface area (Å²) in [6, 6.07) is 0. The molecule has 8 nitrogen and oxygen atoms in total. The summed E-state index contributed by atoms with van der Waals surface area (Å²) in [5, 5.41) is 0. The first-order chi connectivity index (χ1) is 23.8. The van der Waals surface area contributed by atoms with Crippen molar-refractivity contribution >= 4 is 5.97 Å². The third-order valence-electron chi connectivity index (χ3n) is 8.48. The van der Waals surface area contributed by atoms with Gasteiger partial charge in [0.1, 0.15) is 6.61 Å². The zero-order chi connectivity index (χ0) is 34.7. The summed E-state index contributed by atoms with van der Waals surface area (Å²) < 4.78 is 38.5. The standard InChI is InChI=1S/C40H80O8/c1-3-5-7-9-11-13-14-15-16-17-18-19-20-22-24-26-40(41)48-39-38-47-37-36-46-35-34-45-33-32-44-31-30-43-29-28-42-27-25-23-21-12-10-8-6-4-2/h3-39H2,1-2H3. The molecule has 0 aliphatic carbocycles. The van der Waals surface area contributed by atoms with Gasteiger partial charge in [-0.15, -0.1) is 0 Å². The van der Waals surface area contributed by atoms with Crippen molar-refractivity contribution in [1.82, 2.24) is 0 Å². The Morgan fingerprint density at radius 2 is 0.542 bits per heavy atom. The Kier molecular flexibility index (Phi) is 43.5. The minimum Gasteiger partial charge on any atom is -0.463 e. The summed E-state index contributed by atoms with van der Waals surface area (Å²) in [5.74, 6) is -0.118. The molecule has 48 heavy (non-hydrogen) atoms. The molecule has 0 N–H and O–H groups in total. The van der Waals surface area contributed by atoms with Crippen LogP contribution in [0.4, 0.5) is 0 Å². The Morgan fingerprint density at radius 3 is 0.875 bits per heavy atom. The Hall–Kier alpha value is -0.770. The maximum absolute atomic E-state index is 11.9. The van der Waals surface area contributed by atoms with Crippen molar-refractivity contribution in [3.8, 4) is 0 Å². The molecule has 8 heteroatoms. The molecule has 0 saturated heterocycles. The van der Waals surface area contributed by atoms with Crippen molar-refractivity contribution in [3.63, 3.8) is 0 Å². The van der Waals surface area contributed by atoms with E-state index in [1.807, 2.05) is 0 Å². The van der Waals surface area contributed by atoms with E-state index >= 15 is 0 Å². The summed E-state index contributed by atoms with van der Waals surface area (Å²) in [6.07, 6.45) is 30.9. The largest absolute Gasteiger partial charge is 0.463 e. The first-order valence-electron chi connectivity index (χ1n) is 20.4. The first kappa shape index (κ1) is 47.2. The van der Waals surface area contributed by atoms with Crippen molar-refractivity contribution in [2.75, 3.05) is 85.9 Å². The molecule has 0 spiro atoms. The molecule has 0 rings (SSSR count). The smallest absolute Gasteiger partial charge is 0.305 e. The van der Waals surface area contributed by atoms with Crippen LogP contribution >= 0.6 is 0 Å². The van der Waals surface area contributed by atoms with Crippen molar-refractivity contribution in [3.05, 3.63) is 0 Å². The topological polar surface area (TPSA) is 81.7 Å². The Bertz CT molecular complexity index is 592. The second-order valence-electron chi connectivity index (χ2n) is 13.1. The van der Waals surface area contributed by atoms with Crippen LogP contribution in [0.5, 0.6) is 0 Å². The normalized spacial score (nSPS) is 11.5. The number of hydrogen-bond acceptors (Lipinski definition) is 8. The van der Waals surface area contributed by atoms with Crippen molar-refractivity contribution in [2.45, 2.75) is 168 Å². The van der Waals surface area contributed by atoms with E-state index < -0.39 is 0 Å². The molecule has 0 saturated carbocycles. The highest BCUT2D eigenvalue weighted by atomic mass is 16.6. The maximum Gasteiger partial charge on any atom is 0.305 e.